The summed E-state index contributed by atoms with van der Waals surface area (Å²) in [7, 11) is -3.91. The van der Waals surface area contributed by atoms with Crippen LogP contribution in [0.15, 0.2) is 66.1 Å². The fourth-order valence-corrected chi connectivity index (χ4v) is 4.44. The molecule has 28 heavy (non-hydrogen) atoms. The van der Waals surface area contributed by atoms with E-state index >= 15 is 0 Å². The first kappa shape index (κ1) is 22.0. The van der Waals surface area contributed by atoms with Crippen LogP contribution < -0.4 is 9.62 Å². The maximum Gasteiger partial charge on any atom is 0.264 e. The lowest BCUT2D eigenvalue weighted by molar-refractivity contribution is 0.0935. The van der Waals surface area contributed by atoms with Crippen LogP contribution in [-0.4, -0.2) is 26.9 Å². The van der Waals surface area contributed by atoms with Gasteiger partial charge in [-0.15, -0.1) is 6.58 Å². The maximum absolute atomic E-state index is 13.2. The normalized spacial score (nSPS) is 11.3. The highest BCUT2D eigenvalue weighted by Gasteiger charge is 2.26. The SMILES string of the molecule is C=CCN(c1ccccc1)S(=O)(=O)c1ccc(Cl)c(C(=O)NC(CC)CC)c1. The third-order valence-corrected chi connectivity index (χ3v) is 6.55. The minimum absolute atomic E-state index is 0.00250. The third kappa shape index (κ3) is 4.94. The second-order valence-electron chi connectivity index (χ2n) is 6.29. The summed E-state index contributed by atoms with van der Waals surface area (Å²) in [5, 5.41) is 3.10. The van der Waals surface area contributed by atoms with Gasteiger partial charge >= 0.3 is 0 Å². The Bertz CT molecular complexity index is 926. The lowest BCUT2D eigenvalue weighted by atomic mass is 10.1. The van der Waals surface area contributed by atoms with Crippen molar-refractivity contribution in [2.24, 2.45) is 0 Å². The van der Waals surface area contributed by atoms with Crippen LogP contribution in [0.4, 0.5) is 5.69 Å². The number of halogens is 1. The molecule has 0 aliphatic rings. The van der Waals surface area contributed by atoms with E-state index in [-0.39, 0.29) is 34.0 Å². The van der Waals surface area contributed by atoms with Crippen molar-refractivity contribution in [2.75, 3.05) is 10.8 Å². The molecule has 0 saturated heterocycles. The molecule has 0 spiro atoms. The molecule has 0 aromatic heterocycles. The average molecular weight is 421 g/mol. The Morgan fingerprint density at radius 1 is 1.18 bits per heavy atom. The van der Waals surface area contributed by atoms with Crippen LogP contribution in [0.2, 0.25) is 5.02 Å². The minimum Gasteiger partial charge on any atom is -0.349 e. The van der Waals surface area contributed by atoms with E-state index in [0.29, 0.717) is 5.69 Å². The van der Waals surface area contributed by atoms with Gasteiger partial charge in [0.1, 0.15) is 0 Å². The second-order valence-corrected chi connectivity index (χ2v) is 8.56. The van der Waals surface area contributed by atoms with Crippen LogP contribution in [0.5, 0.6) is 0 Å². The molecule has 1 amide bonds. The molecule has 5 nitrogen and oxygen atoms in total. The zero-order valence-corrected chi connectivity index (χ0v) is 17.6. The number of sulfonamides is 1. The summed E-state index contributed by atoms with van der Waals surface area (Å²) in [6.45, 7) is 7.71. The zero-order chi connectivity index (χ0) is 20.7. The van der Waals surface area contributed by atoms with Gasteiger partial charge in [0.15, 0.2) is 0 Å². The molecule has 0 atom stereocenters. The molecule has 7 heteroatoms. The van der Waals surface area contributed by atoms with Crippen LogP contribution >= 0.6 is 11.6 Å². The monoisotopic (exact) mass is 420 g/mol. The van der Waals surface area contributed by atoms with E-state index in [9.17, 15) is 13.2 Å². The van der Waals surface area contributed by atoms with Crippen LogP contribution in [0, 0.1) is 0 Å². The number of carbonyl (C=O) groups excluding carboxylic acids is 1. The summed E-state index contributed by atoms with van der Waals surface area (Å²) in [4.78, 5) is 12.6. The topological polar surface area (TPSA) is 66.5 Å². The average Bonchev–Trinajstić information content (AvgIpc) is 2.70. The molecule has 150 valence electrons. The molecule has 0 aliphatic carbocycles. The van der Waals surface area contributed by atoms with E-state index in [2.05, 4.69) is 11.9 Å². The largest absolute Gasteiger partial charge is 0.349 e. The molecular formula is C21H25ClN2O3S. The van der Waals surface area contributed by atoms with Crippen LogP contribution in [-0.2, 0) is 10.0 Å². The number of carbonyl (C=O) groups is 1. The summed E-state index contributed by atoms with van der Waals surface area (Å²) < 4.78 is 27.7. The Morgan fingerprint density at radius 2 is 1.82 bits per heavy atom. The number of amides is 1. The molecule has 2 rings (SSSR count). The van der Waals surface area contributed by atoms with Gasteiger partial charge in [-0.3, -0.25) is 9.10 Å². The predicted molar refractivity (Wildman–Crippen MR) is 114 cm³/mol. The Kier molecular flexibility index (Phi) is 7.66. The van der Waals surface area contributed by atoms with Crippen molar-refractivity contribution in [3.05, 3.63) is 71.8 Å². The van der Waals surface area contributed by atoms with E-state index in [4.69, 9.17) is 11.6 Å². The first-order valence-electron chi connectivity index (χ1n) is 9.14. The summed E-state index contributed by atoms with van der Waals surface area (Å²) >= 11 is 6.18. The maximum atomic E-state index is 13.2. The van der Waals surface area contributed by atoms with Crippen molar-refractivity contribution in [3.8, 4) is 0 Å². The first-order valence-corrected chi connectivity index (χ1v) is 11.0. The van der Waals surface area contributed by atoms with Crippen molar-refractivity contribution >= 4 is 33.2 Å². The Balaban J connectivity index is 2.45. The highest BCUT2D eigenvalue weighted by Crippen LogP contribution is 2.27. The summed E-state index contributed by atoms with van der Waals surface area (Å²) in [6, 6.07) is 12.9. The quantitative estimate of drug-likeness (QED) is 0.601. The molecule has 0 aliphatic heterocycles. The number of rotatable bonds is 9. The van der Waals surface area contributed by atoms with Gasteiger partial charge in [-0.05, 0) is 43.2 Å². The Hall–Kier alpha value is -2.31. The van der Waals surface area contributed by atoms with E-state index in [1.165, 1.54) is 28.6 Å². The van der Waals surface area contributed by atoms with Gasteiger partial charge in [-0.2, -0.15) is 0 Å². The zero-order valence-electron chi connectivity index (χ0n) is 16.1. The van der Waals surface area contributed by atoms with E-state index < -0.39 is 10.0 Å². The first-order chi connectivity index (χ1) is 13.3. The minimum atomic E-state index is -3.91. The van der Waals surface area contributed by atoms with Crippen molar-refractivity contribution in [1.29, 1.82) is 0 Å². The predicted octanol–water partition coefficient (Wildman–Crippen LogP) is 4.64. The van der Waals surface area contributed by atoms with E-state index in [0.717, 1.165) is 12.8 Å². The van der Waals surface area contributed by atoms with Gasteiger partial charge in [-0.1, -0.05) is 49.7 Å². The number of nitrogens with one attached hydrogen (secondary N) is 1. The molecule has 0 bridgehead atoms. The molecule has 2 aromatic rings. The highest BCUT2D eigenvalue weighted by molar-refractivity contribution is 7.92. The lowest BCUT2D eigenvalue weighted by Gasteiger charge is -2.23. The van der Waals surface area contributed by atoms with Gasteiger partial charge in [-0.25, -0.2) is 8.42 Å². The molecule has 0 radical (unpaired) electrons. The van der Waals surface area contributed by atoms with Gasteiger partial charge < -0.3 is 5.32 Å². The standard InChI is InChI=1S/C21H25ClN2O3S/c1-4-14-24(17-10-8-7-9-11-17)28(26,27)18-12-13-20(22)19(15-18)21(25)23-16(5-2)6-3/h4,7-13,15-16H,1,5-6,14H2,2-3H3,(H,23,25). The van der Waals surface area contributed by atoms with Gasteiger partial charge in [0.25, 0.3) is 15.9 Å². The van der Waals surface area contributed by atoms with Crippen molar-refractivity contribution in [1.82, 2.24) is 5.32 Å². The van der Waals surface area contributed by atoms with Gasteiger partial charge in [0.05, 0.1) is 27.7 Å². The van der Waals surface area contributed by atoms with Gasteiger partial charge in [0.2, 0.25) is 0 Å². The van der Waals surface area contributed by atoms with E-state index in [1.807, 2.05) is 19.9 Å². The number of nitrogens with zero attached hydrogens (tertiary/aromatic N) is 1. The second kappa shape index (κ2) is 9.75. The van der Waals surface area contributed by atoms with E-state index in [1.54, 1.807) is 24.3 Å². The molecule has 0 unspecified atom stereocenters. The fourth-order valence-electron chi connectivity index (χ4n) is 2.78. The Morgan fingerprint density at radius 3 is 2.39 bits per heavy atom. The number of para-hydroxylation sites is 1. The van der Waals surface area contributed by atoms with Crippen LogP contribution in [0.3, 0.4) is 0 Å². The molecule has 2 aromatic carbocycles. The molecule has 0 saturated carbocycles. The lowest BCUT2D eigenvalue weighted by Crippen LogP contribution is -2.34. The summed E-state index contributed by atoms with van der Waals surface area (Å²) in [6.07, 6.45) is 3.07. The Labute approximate surface area is 172 Å². The molecule has 0 fully saturated rings. The molecule has 1 N–H and O–H groups in total. The number of hydrogen-bond donors (Lipinski definition) is 1. The molecule has 0 heterocycles. The molecular weight excluding hydrogens is 396 g/mol. The number of anilines is 1. The van der Waals surface area contributed by atoms with Gasteiger partial charge in [0, 0.05) is 6.04 Å². The summed E-state index contributed by atoms with van der Waals surface area (Å²) in [5.41, 5.74) is 0.654. The van der Waals surface area contributed by atoms with Crippen molar-refractivity contribution in [2.45, 2.75) is 37.6 Å². The summed E-state index contributed by atoms with van der Waals surface area (Å²) in [5.74, 6) is -0.384. The smallest absolute Gasteiger partial charge is 0.264 e. The third-order valence-electron chi connectivity index (χ3n) is 4.43. The fraction of sp³-hybridized carbons (Fsp3) is 0.286. The van der Waals surface area contributed by atoms with Crippen LogP contribution in [0.1, 0.15) is 37.0 Å². The van der Waals surface area contributed by atoms with Crippen LogP contribution in [0.25, 0.3) is 0 Å². The highest BCUT2D eigenvalue weighted by atomic mass is 35.5. The number of hydrogen-bond acceptors (Lipinski definition) is 3. The van der Waals surface area contributed by atoms with Crippen molar-refractivity contribution < 1.29 is 13.2 Å². The van der Waals surface area contributed by atoms with Crippen molar-refractivity contribution in [3.63, 3.8) is 0 Å². The number of benzene rings is 2.